The Hall–Kier alpha value is -4.13. The molecular formula is C24H19N3O4. The Bertz CT molecular complexity index is 1310. The third kappa shape index (κ3) is 3.98. The van der Waals surface area contributed by atoms with Gasteiger partial charge in [-0.15, -0.1) is 0 Å². The molecule has 0 N–H and O–H groups in total. The number of fused-ring (bicyclic) bond motifs is 1. The summed E-state index contributed by atoms with van der Waals surface area (Å²) in [6.45, 7) is 2.44. The molecular weight excluding hydrogens is 394 g/mol. The molecule has 0 radical (unpaired) electrons. The summed E-state index contributed by atoms with van der Waals surface area (Å²) in [7, 11) is 0. The second-order valence-electron chi connectivity index (χ2n) is 6.98. The number of hydrogen-bond donors (Lipinski definition) is 0. The maximum Gasteiger partial charge on any atom is 0.230 e. The molecule has 0 atom stereocenters. The van der Waals surface area contributed by atoms with E-state index in [4.69, 9.17) is 18.4 Å². The van der Waals surface area contributed by atoms with Crippen LogP contribution < -0.4 is 9.47 Å². The van der Waals surface area contributed by atoms with Crippen molar-refractivity contribution < 1.29 is 18.4 Å². The Morgan fingerprint density at radius 1 is 1.00 bits per heavy atom. The first-order chi connectivity index (χ1) is 15.3. The number of aryl methyl sites for hydroxylation is 1. The minimum absolute atomic E-state index is 0.465. The number of furan rings is 1. The highest BCUT2D eigenvalue weighted by atomic mass is 16.5. The highest BCUT2D eigenvalue weighted by molar-refractivity contribution is 5.82. The molecule has 0 aliphatic rings. The zero-order valence-corrected chi connectivity index (χ0v) is 16.8. The minimum atomic E-state index is 0.465. The van der Waals surface area contributed by atoms with Gasteiger partial charge in [0.05, 0.1) is 24.5 Å². The second kappa shape index (κ2) is 8.31. The Morgan fingerprint density at radius 2 is 1.97 bits per heavy atom. The molecule has 4 aromatic heterocycles. The van der Waals surface area contributed by atoms with Gasteiger partial charge in [-0.2, -0.15) is 0 Å². The number of pyridine rings is 2. The van der Waals surface area contributed by atoms with Crippen molar-refractivity contribution >= 4 is 11.0 Å². The fourth-order valence-corrected chi connectivity index (χ4v) is 3.37. The maximum atomic E-state index is 6.15. The van der Waals surface area contributed by atoms with Crippen LogP contribution in [0.3, 0.4) is 0 Å². The van der Waals surface area contributed by atoms with Gasteiger partial charge in [-0.05, 0) is 37.3 Å². The van der Waals surface area contributed by atoms with Crippen LogP contribution in [0, 0.1) is 6.92 Å². The first-order valence-electron chi connectivity index (χ1n) is 9.85. The number of ether oxygens (including phenoxy) is 2. The Balaban J connectivity index is 1.47. The lowest BCUT2D eigenvalue weighted by molar-refractivity contribution is 0.321. The van der Waals surface area contributed by atoms with Gasteiger partial charge in [0.2, 0.25) is 5.88 Å². The molecule has 0 aliphatic heterocycles. The van der Waals surface area contributed by atoms with Gasteiger partial charge in [-0.3, -0.25) is 4.98 Å². The molecule has 0 spiro atoms. The lowest BCUT2D eigenvalue weighted by atomic mass is 10.0. The summed E-state index contributed by atoms with van der Waals surface area (Å²) >= 11 is 0. The van der Waals surface area contributed by atoms with Gasteiger partial charge >= 0.3 is 0 Å². The van der Waals surface area contributed by atoms with Crippen LogP contribution in [0.25, 0.3) is 22.1 Å². The van der Waals surface area contributed by atoms with Crippen molar-refractivity contribution in [3.05, 3.63) is 84.8 Å². The smallest absolute Gasteiger partial charge is 0.230 e. The standard InChI is InChI=1S/C24H19N3O4/c1-16-19(3-2-9-25-16)20-5-4-18(13-23(20)29-11-7-17-14-27-30-15-17)31-24-21-8-12-28-22(21)6-10-26-24/h2-6,8-10,12-15H,7,11H2,1H3. The lowest BCUT2D eigenvalue weighted by Crippen LogP contribution is -2.03. The predicted octanol–water partition coefficient (Wildman–Crippen LogP) is 5.60. The summed E-state index contributed by atoms with van der Waals surface area (Å²) in [4.78, 5) is 8.75. The molecule has 0 fully saturated rings. The molecule has 4 heterocycles. The Labute approximate surface area is 178 Å². The molecule has 0 unspecified atom stereocenters. The van der Waals surface area contributed by atoms with E-state index < -0.39 is 0 Å². The number of benzene rings is 1. The van der Waals surface area contributed by atoms with Gasteiger partial charge in [-0.1, -0.05) is 11.2 Å². The number of hydrogen-bond acceptors (Lipinski definition) is 7. The summed E-state index contributed by atoms with van der Waals surface area (Å²) in [5.41, 5.74) is 4.56. The molecule has 0 bridgehead atoms. The van der Waals surface area contributed by atoms with Gasteiger partial charge in [0, 0.05) is 47.3 Å². The molecule has 5 aromatic rings. The van der Waals surface area contributed by atoms with E-state index in [1.54, 1.807) is 37.2 Å². The molecule has 5 rings (SSSR count). The normalized spacial score (nSPS) is 11.0. The van der Waals surface area contributed by atoms with E-state index in [1.165, 1.54) is 0 Å². The summed E-state index contributed by atoms with van der Waals surface area (Å²) in [6.07, 6.45) is 9.03. The third-order valence-corrected chi connectivity index (χ3v) is 4.94. The van der Waals surface area contributed by atoms with Gasteiger partial charge in [0.15, 0.2) is 0 Å². The maximum absolute atomic E-state index is 6.15. The summed E-state index contributed by atoms with van der Waals surface area (Å²) in [5.74, 6) is 1.79. The van der Waals surface area contributed by atoms with Crippen LogP contribution in [0.15, 0.2) is 82.5 Å². The topological polar surface area (TPSA) is 83.4 Å². The third-order valence-electron chi connectivity index (χ3n) is 4.94. The van der Waals surface area contributed by atoms with Crippen LogP contribution in [0.4, 0.5) is 0 Å². The van der Waals surface area contributed by atoms with Crippen molar-refractivity contribution in [3.8, 4) is 28.5 Å². The largest absolute Gasteiger partial charge is 0.492 e. The van der Waals surface area contributed by atoms with E-state index in [1.807, 2.05) is 43.3 Å². The molecule has 7 nitrogen and oxygen atoms in total. The molecule has 0 aliphatic carbocycles. The highest BCUT2D eigenvalue weighted by Gasteiger charge is 2.14. The van der Waals surface area contributed by atoms with Gasteiger partial charge in [-0.25, -0.2) is 4.98 Å². The lowest BCUT2D eigenvalue weighted by Gasteiger charge is -2.15. The Morgan fingerprint density at radius 3 is 2.84 bits per heavy atom. The highest BCUT2D eigenvalue weighted by Crippen LogP contribution is 2.37. The average Bonchev–Trinajstić information content (AvgIpc) is 3.47. The second-order valence-corrected chi connectivity index (χ2v) is 6.98. The van der Waals surface area contributed by atoms with E-state index in [0.29, 0.717) is 30.4 Å². The predicted molar refractivity (Wildman–Crippen MR) is 114 cm³/mol. The van der Waals surface area contributed by atoms with Crippen LogP contribution in [0.5, 0.6) is 17.4 Å². The van der Waals surface area contributed by atoms with Crippen LogP contribution >= 0.6 is 0 Å². The SMILES string of the molecule is Cc1ncccc1-c1ccc(Oc2nccc3occc23)cc1OCCc1cnoc1. The summed E-state index contributed by atoms with van der Waals surface area (Å²) < 4.78 is 22.6. The minimum Gasteiger partial charge on any atom is -0.492 e. The molecule has 1 aromatic carbocycles. The molecule has 7 heteroatoms. The van der Waals surface area contributed by atoms with E-state index in [2.05, 4.69) is 15.1 Å². The van der Waals surface area contributed by atoms with Crippen LogP contribution in [0.1, 0.15) is 11.3 Å². The van der Waals surface area contributed by atoms with Crippen molar-refractivity contribution in [2.45, 2.75) is 13.3 Å². The molecule has 31 heavy (non-hydrogen) atoms. The van der Waals surface area contributed by atoms with E-state index in [9.17, 15) is 0 Å². The molecule has 154 valence electrons. The average molecular weight is 413 g/mol. The Kier molecular flexibility index (Phi) is 5.06. The van der Waals surface area contributed by atoms with Crippen LogP contribution in [0.2, 0.25) is 0 Å². The molecule has 0 saturated carbocycles. The zero-order valence-electron chi connectivity index (χ0n) is 16.8. The van der Waals surface area contributed by atoms with Crippen molar-refractivity contribution in [3.63, 3.8) is 0 Å². The fourth-order valence-electron chi connectivity index (χ4n) is 3.37. The molecule has 0 saturated heterocycles. The van der Waals surface area contributed by atoms with Gasteiger partial charge in [0.25, 0.3) is 0 Å². The summed E-state index contributed by atoms with van der Waals surface area (Å²) in [5, 5.41) is 4.54. The number of rotatable bonds is 7. The number of aromatic nitrogens is 3. The first-order valence-corrected chi connectivity index (χ1v) is 9.85. The van der Waals surface area contributed by atoms with Crippen molar-refractivity contribution in [1.82, 2.24) is 15.1 Å². The zero-order chi connectivity index (χ0) is 21.0. The fraction of sp³-hybridized carbons (Fsp3) is 0.125. The monoisotopic (exact) mass is 413 g/mol. The van der Waals surface area contributed by atoms with Crippen LogP contribution in [-0.2, 0) is 6.42 Å². The van der Waals surface area contributed by atoms with E-state index >= 15 is 0 Å². The van der Waals surface area contributed by atoms with Gasteiger partial charge in [0.1, 0.15) is 23.3 Å². The van der Waals surface area contributed by atoms with Crippen molar-refractivity contribution in [2.75, 3.05) is 6.61 Å². The van der Waals surface area contributed by atoms with Crippen molar-refractivity contribution in [1.29, 1.82) is 0 Å². The first kappa shape index (κ1) is 18.9. The van der Waals surface area contributed by atoms with Gasteiger partial charge < -0.3 is 18.4 Å². The van der Waals surface area contributed by atoms with Crippen molar-refractivity contribution in [2.24, 2.45) is 0 Å². The summed E-state index contributed by atoms with van der Waals surface area (Å²) in [6, 6.07) is 13.3. The quantitative estimate of drug-likeness (QED) is 0.343. The molecule has 0 amide bonds. The van der Waals surface area contributed by atoms with Crippen LogP contribution in [-0.4, -0.2) is 21.7 Å². The van der Waals surface area contributed by atoms with E-state index in [0.717, 1.165) is 33.4 Å². The number of nitrogens with zero attached hydrogens (tertiary/aromatic N) is 3. The van der Waals surface area contributed by atoms with E-state index in [-0.39, 0.29) is 0 Å².